The molecule has 106 valence electrons. The Morgan fingerprint density at radius 2 is 2.00 bits per heavy atom. The van der Waals surface area contributed by atoms with Crippen LogP contribution in [-0.2, 0) is 6.42 Å². The monoisotopic (exact) mass is 292 g/mol. The van der Waals surface area contributed by atoms with E-state index in [2.05, 4.69) is 5.10 Å². The molecule has 1 aromatic heterocycles. The van der Waals surface area contributed by atoms with Crippen LogP contribution in [0.5, 0.6) is 5.75 Å². The molecule has 0 unspecified atom stereocenters. The molecule has 0 saturated carbocycles. The molecule has 0 bridgehead atoms. The fourth-order valence-electron chi connectivity index (χ4n) is 2.02. The molecule has 0 N–H and O–H groups in total. The minimum absolute atomic E-state index is 0.0182. The summed E-state index contributed by atoms with van der Waals surface area (Å²) in [6.07, 6.45) is 1.88. The van der Waals surface area contributed by atoms with Gasteiger partial charge in [0.15, 0.2) is 11.5 Å². The molecule has 0 saturated heterocycles. The average Bonchev–Trinajstić information content (AvgIpc) is 2.85. The van der Waals surface area contributed by atoms with E-state index < -0.39 is 0 Å². The minimum Gasteiger partial charge on any atom is -0.493 e. The Bertz CT molecular complexity index is 603. The normalized spacial score (nSPS) is 10.8. The zero-order chi connectivity index (χ0) is 14.7. The molecule has 4 nitrogen and oxygen atoms in total. The summed E-state index contributed by atoms with van der Waals surface area (Å²) in [7, 11) is 1.54. The second-order valence-electron chi connectivity index (χ2n) is 4.83. The molecule has 0 aliphatic heterocycles. The Morgan fingerprint density at radius 3 is 2.55 bits per heavy atom. The van der Waals surface area contributed by atoms with E-state index in [-0.39, 0.29) is 11.8 Å². The lowest BCUT2D eigenvalue weighted by molar-refractivity contribution is 0.0977. The van der Waals surface area contributed by atoms with Crippen molar-refractivity contribution in [1.82, 2.24) is 9.78 Å². The zero-order valence-electron chi connectivity index (χ0n) is 11.8. The summed E-state index contributed by atoms with van der Waals surface area (Å²) in [5.41, 5.74) is 1.43. The van der Waals surface area contributed by atoms with Gasteiger partial charge in [0.1, 0.15) is 5.69 Å². The van der Waals surface area contributed by atoms with Crippen molar-refractivity contribution < 1.29 is 9.53 Å². The highest BCUT2D eigenvalue weighted by Crippen LogP contribution is 2.23. The van der Waals surface area contributed by atoms with E-state index in [9.17, 15) is 4.79 Å². The van der Waals surface area contributed by atoms with Gasteiger partial charge in [-0.25, -0.2) is 0 Å². The largest absolute Gasteiger partial charge is 0.493 e. The van der Waals surface area contributed by atoms with Gasteiger partial charge in [0.25, 0.3) is 0 Å². The van der Waals surface area contributed by atoms with E-state index in [1.807, 2.05) is 26.0 Å². The maximum atomic E-state index is 12.5. The molecule has 0 aliphatic carbocycles. The number of benzene rings is 1. The first-order valence-corrected chi connectivity index (χ1v) is 6.80. The summed E-state index contributed by atoms with van der Waals surface area (Å²) in [5.74, 6) is 0.494. The van der Waals surface area contributed by atoms with Gasteiger partial charge in [-0.1, -0.05) is 23.7 Å². The first-order valence-electron chi connectivity index (χ1n) is 6.42. The smallest absolute Gasteiger partial charge is 0.189 e. The van der Waals surface area contributed by atoms with E-state index in [1.165, 1.54) is 0 Å². The van der Waals surface area contributed by atoms with Gasteiger partial charge in [-0.15, -0.1) is 0 Å². The number of rotatable bonds is 5. The second kappa shape index (κ2) is 6.09. The summed E-state index contributed by atoms with van der Waals surface area (Å²) in [5, 5.41) is 4.87. The van der Waals surface area contributed by atoms with Crippen LogP contribution in [-0.4, -0.2) is 22.7 Å². The Hall–Kier alpha value is -1.81. The maximum Gasteiger partial charge on any atom is 0.189 e. The van der Waals surface area contributed by atoms with E-state index in [1.54, 1.807) is 30.1 Å². The van der Waals surface area contributed by atoms with Gasteiger partial charge < -0.3 is 4.74 Å². The predicted octanol–water partition coefficient (Wildman–Crippen LogP) is 3.55. The molecule has 2 rings (SSSR count). The highest BCUT2D eigenvalue weighted by molar-refractivity contribution is 6.30. The number of aromatic nitrogens is 2. The van der Waals surface area contributed by atoms with E-state index in [0.29, 0.717) is 22.9 Å². The van der Waals surface area contributed by atoms with Crippen molar-refractivity contribution in [2.45, 2.75) is 26.3 Å². The molecule has 0 aliphatic rings. The highest BCUT2D eigenvalue weighted by atomic mass is 35.5. The van der Waals surface area contributed by atoms with E-state index in [0.717, 1.165) is 5.56 Å². The number of nitrogens with zero attached hydrogens (tertiary/aromatic N) is 2. The molecule has 0 radical (unpaired) electrons. The predicted molar refractivity (Wildman–Crippen MR) is 78.7 cm³/mol. The van der Waals surface area contributed by atoms with Gasteiger partial charge >= 0.3 is 0 Å². The Balaban J connectivity index is 2.28. The van der Waals surface area contributed by atoms with Crippen LogP contribution in [0, 0.1) is 0 Å². The molecule has 20 heavy (non-hydrogen) atoms. The first kappa shape index (κ1) is 14.6. The number of hydrogen-bond donors (Lipinski definition) is 0. The van der Waals surface area contributed by atoms with Crippen molar-refractivity contribution in [1.29, 1.82) is 0 Å². The standard InChI is InChI=1S/C15H17ClN2O2/c1-10(2)18-15(14(20-3)9-17-18)13(19)8-11-4-6-12(16)7-5-11/h4-7,9-10H,8H2,1-3H3. The second-order valence-corrected chi connectivity index (χ2v) is 5.26. The maximum absolute atomic E-state index is 12.5. The topological polar surface area (TPSA) is 44.1 Å². The van der Waals surface area contributed by atoms with Crippen molar-refractivity contribution in [2.75, 3.05) is 7.11 Å². The number of carbonyl (C=O) groups is 1. The highest BCUT2D eigenvalue weighted by Gasteiger charge is 2.21. The first-order chi connectivity index (χ1) is 9.52. The third-order valence-corrected chi connectivity index (χ3v) is 3.26. The van der Waals surface area contributed by atoms with Crippen molar-refractivity contribution in [3.05, 3.63) is 46.7 Å². The summed E-state index contributed by atoms with van der Waals surface area (Å²) in [6.45, 7) is 3.96. The van der Waals surface area contributed by atoms with Crippen LogP contribution in [0.25, 0.3) is 0 Å². The Morgan fingerprint density at radius 1 is 1.35 bits per heavy atom. The minimum atomic E-state index is -0.0182. The van der Waals surface area contributed by atoms with Crippen LogP contribution >= 0.6 is 11.6 Å². The quantitative estimate of drug-likeness (QED) is 0.792. The summed E-state index contributed by atoms with van der Waals surface area (Å²) in [4.78, 5) is 12.5. The van der Waals surface area contributed by atoms with Crippen LogP contribution in [0.3, 0.4) is 0 Å². The number of carbonyl (C=O) groups excluding carboxylic acids is 1. The fourth-order valence-corrected chi connectivity index (χ4v) is 2.15. The third-order valence-electron chi connectivity index (χ3n) is 3.01. The van der Waals surface area contributed by atoms with Crippen LogP contribution in [0.15, 0.2) is 30.5 Å². The Kier molecular flexibility index (Phi) is 4.45. The fraction of sp³-hybridized carbons (Fsp3) is 0.333. The van der Waals surface area contributed by atoms with Gasteiger partial charge in [0.2, 0.25) is 0 Å². The molecular formula is C15H17ClN2O2. The van der Waals surface area contributed by atoms with Gasteiger partial charge in [0.05, 0.1) is 13.3 Å². The van der Waals surface area contributed by atoms with Crippen molar-refractivity contribution >= 4 is 17.4 Å². The summed E-state index contributed by atoms with van der Waals surface area (Å²) < 4.78 is 6.92. The molecule has 0 atom stereocenters. The molecule has 0 amide bonds. The molecular weight excluding hydrogens is 276 g/mol. The third kappa shape index (κ3) is 3.02. The number of ether oxygens (including phenoxy) is 1. The van der Waals surface area contributed by atoms with Gasteiger partial charge in [0, 0.05) is 17.5 Å². The average molecular weight is 293 g/mol. The van der Waals surface area contributed by atoms with Gasteiger partial charge in [-0.3, -0.25) is 9.48 Å². The zero-order valence-corrected chi connectivity index (χ0v) is 12.5. The van der Waals surface area contributed by atoms with Crippen molar-refractivity contribution in [3.8, 4) is 5.75 Å². The lowest BCUT2D eigenvalue weighted by Gasteiger charge is -2.11. The number of Topliss-reactive ketones (excluding diaryl/α,β-unsaturated/α-hetero) is 1. The van der Waals surface area contributed by atoms with Gasteiger partial charge in [-0.2, -0.15) is 5.10 Å². The van der Waals surface area contributed by atoms with Crippen LogP contribution in [0.4, 0.5) is 0 Å². The molecule has 2 aromatic rings. The van der Waals surface area contributed by atoms with Crippen LogP contribution in [0.1, 0.15) is 35.9 Å². The summed E-state index contributed by atoms with van der Waals surface area (Å²) in [6, 6.07) is 7.36. The molecule has 0 fully saturated rings. The van der Waals surface area contributed by atoms with Crippen molar-refractivity contribution in [3.63, 3.8) is 0 Å². The molecule has 0 spiro atoms. The Labute approximate surface area is 123 Å². The van der Waals surface area contributed by atoms with E-state index in [4.69, 9.17) is 16.3 Å². The van der Waals surface area contributed by atoms with Gasteiger partial charge in [-0.05, 0) is 31.5 Å². The van der Waals surface area contributed by atoms with Crippen molar-refractivity contribution in [2.24, 2.45) is 0 Å². The molecule has 5 heteroatoms. The number of halogens is 1. The van der Waals surface area contributed by atoms with E-state index >= 15 is 0 Å². The number of methoxy groups -OCH3 is 1. The van der Waals surface area contributed by atoms with Crippen LogP contribution in [0.2, 0.25) is 5.02 Å². The van der Waals surface area contributed by atoms with Crippen LogP contribution < -0.4 is 4.74 Å². The number of ketones is 1. The molecule has 1 heterocycles. The summed E-state index contributed by atoms with van der Waals surface area (Å²) >= 11 is 5.84. The number of hydrogen-bond acceptors (Lipinski definition) is 3. The molecule has 1 aromatic carbocycles. The SMILES string of the molecule is COc1cnn(C(C)C)c1C(=O)Cc1ccc(Cl)cc1. The lowest BCUT2D eigenvalue weighted by atomic mass is 10.1. The lowest BCUT2D eigenvalue weighted by Crippen LogP contribution is -2.15.